The van der Waals surface area contributed by atoms with Gasteiger partial charge in [-0.2, -0.15) is 0 Å². The average molecular weight is 226 g/mol. The molecule has 0 aromatic carbocycles. The molecule has 1 amide bonds. The number of rotatable bonds is 3. The van der Waals surface area contributed by atoms with E-state index in [0.29, 0.717) is 17.9 Å². The van der Waals surface area contributed by atoms with Gasteiger partial charge in [-0.1, -0.05) is 40.5 Å². The summed E-state index contributed by atoms with van der Waals surface area (Å²) in [5.41, 5.74) is 5.85. The molecule has 1 aliphatic carbocycles. The molecule has 1 aliphatic rings. The highest BCUT2D eigenvalue weighted by Crippen LogP contribution is 2.29. The van der Waals surface area contributed by atoms with E-state index in [4.69, 9.17) is 5.73 Å². The quantitative estimate of drug-likeness (QED) is 0.772. The molecule has 0 bridgehead atoms. The molecule has 3 N–H and O–H groups in total. The molecule has 0 aromatic heterocycles. The average Bonchev–Trinajstić information content (AvgIpc) is 2.23. The van der Waals surface area contributed by atoms with E-state index in [1.807, 2.05) is 13.8 Å². The molecule has 1 saturated carbocycles. The third kappa shape index (κ3) is 3.21. The van der Waals surface area contributed by atoms with Crippen LogP contribution in [0.5, 0.6) is 0 Å². The summed E-state index contributed by atoms with van der Waals surface area (Å²) in [7, 11) is 0. The minimum atomic E-state index is -0.371. The number of nitrogens with one attached hydrogen (secondary N) is 1. The second kappa shape index (κ2) is 5.67. The lowest BCUT2D eigenvalue weighted by Gasteiger charge is -2.35. The van der Waals surface area contributed by atoms with Crippen LogP contribution in [0.25, 0.3) is 0 Å². The Kier molecular flexibility index (Phi) is 4.78. The second-order valence-corrected chi connectivity index (χ2v) is 5.65. The van der Waals surface area contributed by atoms with E-state index >= 15 is 0 Å². The molecule has 94 valence electrons. The number of carbonyl (C=O) groups excluding carboxylic acids is 1. The summed E-state index contributed by atoms with van der Waals surface area (Å²) < 4.78 is 0. The molecule has 1 rings (SSSR count). The van der Waals surface area contributed by atoms with Gasteiger partial charge in [0.2, 0.25) is 5.91 Å². The van der Waals surface area contributed by atoms with E-state index < -0.39 is 0 Å². The molecule has 4 atom stereocenters. The predicted molar refractivity (Wildman–Crippen MR) is 66.9 cm³/mol. The first kappa shape index (κ1) is 13.5. The van der Waals surface area contributed by atoms with E-state index in [0.717, 1.165) is 6.42 Å². The zero-order chi connectivity index (χ0) is 12.3. The molecule has 0 aromatic rings. The molecular formula is C13H26N2O. The van der Waals surface area contributed by atoms with Crippen molar-refractivity contribution in [2.45, 2.75) is 59.0 Å². The van der Waals surface area contributed by atoms with Gasteiger partial charge in [-0.15, -0.1) is 0 Å². The van der Waals surface area contributed by atoms with Crippen molar-refractivity contribution in [3.05, 3.63) is 0 Å². The molecule has 3 heteroatoms. The number of hydrogen-bond acceptors (Lipinski definition) is 2. The summed E-state index contributed by atoms with van der Waals surface area (Å²) in [4.78, 5) is 11.9. The molecule has 1 fully saturated rings. The third-order valence-corrected chi connectivity index (χ3v) is 4.06. The molecular weight excluding hydrogens is 200 g/mol. The summed E-state index contributed by atoms with van der Waals surface area (Å²) in [6.07, 6.45) is 3.60. The van der Waals surface area contributed by atoms with Gasteiger partial charge in [-0.25, -0.2) is 0 Å². The number of carbonyl (C=O) groups is 1. The zero-order valence-corrected chi connectivity index (χ0v) is 11.0. The minimum absolute atomic E-state index is 0.0148. The van der Waals surface area contributed by atoms with Gasteiger partial charge < -0.3 is 11.1 Å². The number of nitrogens with two attached hydrogens (primary N) is 1. The third-order valence-electron chi connectivity index (χ3n) is 4.06. The van der Waals surface area contributed by atoms with Crippen molar-refractivity contribution in [3.63, 3.8) is 0 Å². The second-order valence-electron chi connectivity index (χ2n) is 5.65. The van der Waals surface area contributed by atoms with Crippen molar-refractivity contribution in [3.8, 4) is 0 Å². The first-order valence-electron chi connectivity index (χ1n) is 6.49. The Bertz CT molecular complexity index is 240. The van der Waals surface area contributed by atoms with Crippen molar-refractivity contribution >= 4 is 5.91 Å². The Balaban J connectivity index is 2.50. The molecule has 0 radical (unpaired) electrons. The normalized spacial score (nSPS) is 32.5. The fourth-order valence-corrected chi connectivity index (χ4v) is 2.37. The Morgan fingerprint density at radius 3 is 2.50 bits per heavy atom. The van der Waals surface area contributed by atoms with Crippen molar-refractivity contribution in [1.29, 1.82) is 0 Å². The highest BCUT2D eigenvalue weighted by Gasteiger charge is 2.29. The molecule has 0 saturated heterocycles. The Labute approximate surface area is 99.2 Å². The van der Waals surface area contributed by atoms with Gasteiger partial charge in [0.1, 0.15) is 0 Å². The fourth-order valence-electron chi connectivity index (χ4n) is 2.37. The highest BCUT2D eigenvalue weighted by molar-refractivity contribution is 5.82. The van der Waals surface area contributed by atoms with Gasteiger partial charge in [0.15, 0.2) is 0 Å². The monoisotopic (exact) mass is 226 g/mol. The summed E-state index contributed by atoms with van der Waals surface area (Å²) in [5, 5.41) is 3.12. The van der Waals surface area contributed by atoms with Crippen LogP contribution in [0.1, 0.15) is 47.0 Å². The maximum absolute atomic E-state index is 11.9. The smallest absolute Gasteiger partial charge is 0.237 e. The van der Waals surface area contributed by atoms with Crippen LogP contribution in [0, 0.1) is 17.8 Å². The molecule has 0 aliphatic heterocycles. The summed E-state index contributed by atoms with van der Waals surface area (Å²) in [6, 6.07) is -0.0505. The fraction of sp³-hybridized carbons (Fsp3) is 0.923. The lowest BCUT2D eigenvalue weighted by atomic mass is 9.78. The topological polar surface area (TPSA) is 55.1 Å². The molecule has 0 heterocycles. The molecule has 3 nitrogen and oxygen atoms in total. The zero-order valence-electron chi connectivity index (χ0n) is 11.0. The lowest BCUT2D eigenvalue weighted by molar-refractivity contribution is -0.124. The van der Waals surface area contributed by atoms with E-state index in [1.54, 1.807) is 0 Å². The van der Waals surface area contributed by atoms with Crippen LogP contribution in [0.15, 0.2) is 0 Å². The van der Waals surface area contributed by atoms with Crippen molar-refractivity contribution in [1.82, 2.24) is 5.32 Å². The van der Waals surface area contributed by atoms with Gasteiger partial charge in [-0.3, -0.25) is 4.79 Å². The van der Waals surface area contributed by atoms with Gasteiger partial charge >= 0.3 is 0 Å². The summed E-state index contributed by atoms with van der Waals surface area (Å²) in [5.74, 6) is 1.49. The van der Waals surface area contributed by atoms with Crippen molar-refractivity contribution in [2.24, 2.45) is 23.5 Å². The minimum Gasteiger partial charge on any atom is -0.352 e. The van der Waals surface area contributed by atoms with Crippen LogP contribution in [0.2, 0.25) is 0 Å². The van der Waals surface area contributed by atoms with Crippen LogP contribution in [-0.2, 0) is 4.79 Å². The maximum atomic E-state index is 11.9. The van der Waals surface area contributed by atoms with Crippen molar-refractivity contribution < 1.29 is 4.79 Å². The van der Waals surface area contributed by atoms with Crippen LogP contribution in [0.3, 0.4) is 0 Å². The first-order chi connectivity index (χ1) is 7.43. The van der Waals surface area contributed by atoms with E-state index in [9.17, 15) is 4.79 Å². The summed E-state index contributed by atoms with van der Waals surface area (Å²) >= 11 is 0. The number of hydrogen-bond donors (Lipinski definition) is 2. The molecule has 0 spiro atoms. The van der Waals surface area contributed by atoms with Crippen LogP contribution < -0.4 is 11.1 Å². The largest absolute Gasteiger partial charge is 0.352 e. The van der Waals surface area contributed by atoms with Gasteiger partial charge in [-0.05, 0) is 24.2 Å². The Hall–Kier alpha value is -0.570. The SMILES string of the molecule is CC(C)C(N)C(=O)NC1CCCC(C)C1C. The Morgan fingerprint density at radius 1 is 1.31 bits per heavy atom. The van der Waals surface area contributed by atoms with Crippen LogP contribution in [0.4, 0.5) is 0 Å². The Morgan fingerprint density at radius 2 is 1.94 bits per heavy atom. The van der Waals surface area contributed by atoms with Crippen LogP contribution >= 0.6 is 0 Å². The van der Waals surface area contributed by atoms with Crippen LogP contribution in [-0.4, -0.2) is 18.0 Å². The summed E-state index contributed by atoms with van der Waals surface area (Å²) in [6.45, 7) is 8.47. The first-order valence-corrected chi connectivity index (χ1v) is 6.49. The van der Waals surface area contributed by atoms with E-state index in [-0.39, 0.29) is 17.9 Å². The number of amides is 1. The predicted octanol–water partition coefficient (Wildman–Crippen LogP) is 1.91. The standard InChI is InChI=1S/C13H26N2O/c1-8(2)12(14)13(16)15-11-7-5-6-9(3)10(11)4/h8-12H,5-7,14H2,1-4H3,(H,15,16). The van der Waals surface area contributed by atoms with Gasteiger partial charge in [0.05, 0.1) is 6.04 Å². The molecule has 4 unspecified atom stereocenters. The van der Waals surface area contributed by atoms with Gasteiger partial charge in [0, 0.05) is 6.04 Å². The lowest BCUT2D eigenvalue weighted by Crippen LogP contribution is -2.51. The molecule has 16 heavy (non-hydrogen) atoms. The van der Waals surface area contributed by atoms with E-state index in [1.165, 1.54) is 12.8 Å². The van der Waals surface area contributed by atoms with Gasteiger partial charge in [0.25, 0.3) is 0 Å². The maximum Gasteiger partial charge on any atom is 0.237 e. The van der Waals surface area contributed by atoms with E-state index in [2.05, 4.69) is 19.2 Å². The highest BCUT2D eigenvalue weighted by atomic mass is 16.2. The van der Waals surface area contributed by atoms with Crippen molar-refractivity contribution in [2.75, 3.05) is 0 Å².